The highest BCUT2D eigenvalue weighted by atomic mass is 35.5. The maximum Gasteiger partial charge on any atom is 0.417 e. The Kier molecular flexibility index (Phi) is 7.01. The van der Waals surface area contributed by atoms with Gasteiger partial charge >= 0.3 is 6.18 Å². The molecule has 1 aliphatic heterocycles. The first-order chi connectivity index (χ1) is 17.1. The first-order valence-electron chi connectivity index (χ1n) is 10.9. The van der Waals surface area contributed by atoms with Crippen molar-refractivity contribution in [2.24, 2.45) is 0 Å². The topological polar surface area (TPSA) is 112 Å². The van der Waals surface area contributed by atoms with E-state index in [0.717, 1.165) is 18.4 Å². The first kappa shape index (κ1) is 26.9. The van der Waals surface area contributed by atoms with Gasteiger partial charge in [0.1, 0.15) is 10.8 Å². The number of benzene rings is 1. The molecule has 2 N–H and O–H groups in total. The minimum Gasteiger partial charge on any atom is -0.356 e. The lowest BCUT2D eigenvalue weighted by Crippen LogP contribution is -2.28. The van der Waals surface area contributed by atoms with Crippen molar-refractivity contribution in [3.8, 4) is 0 Å². The van der Waals surface area contributed by atoms with Gasteiger partial charge in [0.15, 0.2) is 0 Å². The number of carbonyl (C=O) groups excluding carboxylic acids is 1. The third kappa shape index (κ3) is 6.06. The van der Waals surface area contributed by atoms with Gasteiger partial charge in [0.2, 0.25) is 11.7 Å². The highest BCUT2D eigenvalue weighted by Gasteiger charge is 2.36. The van der Waals surface area contributed by atoms with E-state index in [9.17, 15) is 31.0 Å². The van der Waals surface area contributed by atoms with Crippen molar-refractivity contribution in [1.82, 2.24) is 15.0 Å². The van der Waals surface area contributed by atoms with Gasteiger partial charge in [-0.2, -0.15) is 13.2 Å². The summed E-state index contributed by atoms with van der Waals surface area (Å²) in [5.74, 6) is -4.36. The maximum atomic E-state index is 14.0. The molecule has 2 aromatic heterocycles. The minimum atomic E-state index is -4.79. The third-order valence-corrected chi connectivity index (χ3v) is 7.02. The Morgan fingerprint density at radius 2 is 1.92 bits per heavy atom. The quantitative estimate of drug-likeness (QED) is 0.400. The zero-order valence-electron chi connectivity index (χ0n) is 19.2. The van der Waals surface area contributed by atoms with Crippen molar-refractivity contribution in [3.05, 3.63) is 46.9 Å². The number of halogens is 6. The lowest BCUT2D eigenvalue weighted by atomic mass is 10.1. The van der Waals surface area contributed by atoms with E-state index in [1.165, 1.54) is 23.2 Å². The molecule has 0 bridgehead atoms. The molecule has 0 spiro atoms. The zero-order chi connectivity index (χ0) is 27.2. The second-order valence-electron chi connectivity index (χ2n) is 8.59. The Morgan fingerprint density at radius 3 is 2.59 bits per heavy atom. The van der Waals surface area contributed by atoms with E-state index in [4.69, 9.17) is 16.4 Å². The molecular weight excluding hydrogens is 543 g/mol. The van der Waals surface area contributed by atoms with Crippen LogP contribution in [-0.4, -0.2) is 50.3 Å². The fourth-order valence-electron chi connectivity index (χ4n) is 3.86. The van der Waals surface area contributed by atoms with Gasteiger partial charge in [0.25, 0.3) is 5.91 Å². The van der Waals surface area contributed by atoms with E-state index in [0.29, 0.717) is 0 Å². The smallest absolute Gasteiger partial charge is 0.356 e. The van der Waals surface area contributed by atoms with E-state index >= 15 is 0 Å². The molecular formula is C22H20ClF5N6O2S. The number of nitrogens with one attached hydrogen (secondary N) is 2. The number of anilines is 2. The Morgan fingerprint density at radius 1 is 1.19 bits per heavy atom. The Bertz CT molecular complexity index is 1480. The van der Waals surface area contributed by atoms with E-state index < -0.39 is 50.6 Å². The van der Waals surface area contributed by atoms with Gasteiger partial charge in [0.05, 0.1) is 25.8 Å². The molecule has 198 valence electrons. The summed E-state index contributed by atoms with van der Waals surface area (Å²) in [6, 6.07) is 4.31. The van der Waals surface area contributed by atoms with E-state index in [1.807, 2.05) is 0 Å². The number of hydrogen-bond acceptors (Lipinski definition) is 7. The van der Waals surface area contributed by atoms with Crippen LogP contribution in [0.4, 0.5) is 33.5 Å². The molecule has 4 rings (SSSR count). The van der Waals surface area contributed by atoms with Crippen molar-refractivity contribution in [1.29, 1.82) is 4.78 Å². The second kappa shape index (κ2) is 9.63. The standard InChI is InChI=1S/C22H20ClF5N6O2S/c1-37(29,36)17-9-12(3-6-30-17)31-20(35)18-32-16-11-15(23)14(22(26,27)28)10-13(16)19(33-18)34-7-2-4-21(24,25)5-8-34/h3,6,9-11,29H,2,4-5,7-8H2,1H3,(H,30,31,35). The summed E-state index contributed by atoms with van der Waals surface area (Å²) in [5.41, 5.74) is -1.10. The second-order valence-corrected chi connectivity index (χ2v) is 11.1. The average molecular weight is 563 g/mol. The summed E-state index contributed by atoms with van der Waals surface area (Å²) in [6.07, 6.45) is -3.26. The molecule has 1 amide bonds. The van der Waals surface area contributed by atoms with Gasteiger partial charge in [-0.1, -0.05) is 11.6 Å². The largest absolute Gasteiger partial charge is 0.417 e. The molecule has 37 heavy (non-hydrogen) atoms. The minimum absolute atomic E-state index is 0.0585. The van der Waals surface area contributed by atoms with Gasteiger partial charge < -0.3 is 10.2 Å². The summed E-state index contributed by atoms with van der Waals surface area (Å²) in [6.45, 7) is -0.124. The normalized spacial score (nSPS) is 17.8. The van der Waals surface area contributed by atoms with Gasteiger partial charge in [-0.15, -0.1) is 0 Å². The van der Waals surface area contributed by atoms with Gasteiger partial charge in [-0.25, -0.2) is 32.7 Å². The molecule has 1 aromatic carbocycles. The number of pyridine rings is 1. The van der Waals surface area contributed by atoms with Crippen LogP contribution in [0, 0.1) is 4.78 Å². The molecule has 3 heterocycles. The molecule has 3 aromatic rings. The van der Waals surface area contributed by atoms with Crippen molar-refractivity contribution in [3.63, 3.8) is 0 Å². The number of hydrogen-bond donors (Lipinski definition) is 2. The molecule has 1 unspecified atom stereocenters. The highest BCUT2D eigenvalue weighted by molar-refractivity contribution is 7.91. The number of aromatic nitrogens is 3. The Hall–Kier alpha value is -3.13. The van der Waals surface area contributed by atoms with Crippen LogP contribution in [0.3, 0.4) is 0 Å². The fraction of sp³-hybridized carbons (Fsp3) is 0.364. The SMILES string of the molecule is CS(=N)(=O)c1cc(NC(=O)c2nc(N3CCCC(F)(F)CC3)c3cc(C(F)(F)F)c(Cl)cc3n2)ccn1. The number of amides is 1. The summed E-state index contributed by atoms with van der Waals surface area (Å²) < 4.78 is 88.2. The van der Waals surface area contributed by atoms with Crippen molar-refractivity contribution >= 4 is 49.6 Å². The van der Waals surface area contributed by atoms with Crippen LogP contribution in [0.1, 0.15) is 35.4 Å². The van der Waals surface area contributed by atoms with Crippen molar-refractivity contribution < 1.29 is 31.0 Å². The van der Waals surface area contributed by atoms with Crippen LogP contribution in [-0.2, 0) is 15.9 Å². The van der Waals surface area contributed by atoms with Crippen LogP contribution in [0.15, 0.2) is 35.5 Å². The van der Waals surface area contributed by atoms with Crippen LogP contribution >= 0.6 is 11.6 Å². The van der Waals surface area contributed by atoms with Crippen LogP contribution in [0.25, 0.3) is 10.9 Å². The molecule has 1 saturated heterocycles. The summed E-state index contributed by atoms with van der Waals surface area (Å²) in [5, 5.41) is 1.65. The van der Waals surface area contributed by atoms with E-state index in [-0.39, 0.29) is 53.4 Å². The van der Waals surface area contributed by atoms with Gasteiger partial charge in [0, 0.05) is 49.5 Å². The van der Waals surface area contributed by atoms with Crippen LogP contribution < -0.4 is 10.2 Å². The summed E-state index contributed by atoms with van der Waals surface area (Å²) >= 11 is 5.87. The van der Waals surface area contributed by atoms with Gasteiger partial charge in [-0.3, -0.25) is 4.79 Å². The van der Waals surface area contributed by atoms with E-state index in [1.54, 1.807) is 0 Å². The fourth-order valence-corrected chi connectivity index (χ4v) is 4.74. The Balaban J connectivity index is 1.81. The number of rotatable bonds is 4. The molecule has 8 nitrogen and oxygen atoms in total. The van der Waals surface area contributed by atoms with Gasteiger partial charge in [-0.05, 0) is 30.7 Å². The van der Waals surface area contributed by atoms with Crippen LogP contribution in [0.5, 0.6) is 0 Å². The van der Waals surface area contributed by atoms with Crippen molar-refractivity contribution in [2.75, 3.05) is 29.6 Å². The molecule has 1 atom stereocenters. The lowest BCUT2D eigenvalue weighted by Gasteiger charge is -2.24. The highest BCUT2D eigenvalue weighted by Crippen LogP contribution is 2.39. The zero-order valence-corrected chi connectivity index (χ0v) is 20.8. The molecule has 15 heteroatoms. The van der Waals surface area contributed by atoms with Crippen molar-refractivity contribution in [2.45, 2.75) is 36.4 Å². The number of nitrogens with zero attached hydrogens (tertiary/aromatic N) is 4. The first-order valence-corrected chi connectivity index (χ1v) is 13.2. The predicted octanol–water partition coefficient (Wildman–Crippen LogP) is 5.61. The predicted molar refractivity (Wildman–Crippen MR) is 128 cm³/mol. The lowest BCUT2D eigenvalue weighted by molar-refractivity contribution is -0.137. The number of carbonyl (C=O) groups is 1. The molecule has 1 aliphatic rings. The number of fused-ring (bicyclic) bond motifs is 1. The summed E-state index contributed by atoms with van der Waals surface area (Å²) in [7, 11) is -3.18. The van der Waals surface area contributed by atoms with E-state index in [2.05, 4.69) is 20.3 Å². The third-order valence-electron chi connectivity index (χ3n) is 5.68. The van der Waals surface area contributed by atoms with Crippen LogP contribution in [0.2, 0.25) is 5.02 Å². The molecule has 1 fully saturated rings. The monoisotopic (exact) mass is 562 g/mol. The molecule has 0 saturated carbocycles. The Labute approximate surface area is 213 Å². The molecule has 0 aliphatic carbocycles. The average Bonchev–Trinajstić information content (AvgIpc) is 2.97. The summed E-state index contributed by atoms with van der Waals surface area (Å²) in [4.78, 5) is 26.5. The maximum absolute atomic E-state index is 14.0. The molecule has 0 radical (unpaired) electrons. The number of alkyl halides is 5.